The molecule has 0 aliphatic rings. The molecule has 118 valence electrons. The van der Waals surface area contributed by atoms with Crippen LogP contribution in [0.4, 0.5) is 5.69 Å². The number of carbonyl (C=O) groups is 1. The molecule has 0 radical (unpaired) electrons. The van der Waals surface area contributed by atoms with Crippen molar-refractivity contribution in [3.05, 3.63) is 60.1 Å². The summed E-state index contributed by atoms with van der Waals surface area (Å²) in [6.07, 6.45) is 3.19. The van der Waals surface area contributed by atoms with Gasteiger partial charge in [-0.05, 0) is 30.7 Å². The Bertz CT molecular complexity index is 991. The standard InChI is InChI=1S/C17H12N4O2S/c1-10-11(16-21-13-6-3-8-18-17(13)24-16)4-2-5-12(10)20-15(22)14-7-9-19-23-14/h2-9H,1H3,(H,20,22). The highest BCUT2D eigenvalue weighted by molar-refractivity contribution is 7.21. The molecule has 4 aromatic rings. The molecule has 0 aliphatic carbocycles. The SMILES string of the molecule is Cc1c(NC(=O)c2ccno2)cccc1-c1nc2cccnc2s1. The molecule has 0 atom stereocenters. The van der Waals surface area contributed by atoms with Gasteiger partial charge in [0.25, 0.3) is 5.91 Å². The van der Waals surface area contributed by atoms with Crippen LogP contribution in [0, 0.1) is 6.92 Å². The van der Waals surface area contributed by atoms with Gasteiger partial charge in [0, 0.05) is 23.5 Å². The molecule has 0 saturated carbocycles. The molecule has 24 heavy (non-hydrogen) atoms. The Hall–Kier alpha value is -3.06. The molecular weight excluding hydrogens is 324 g/mol. The van der Waals surface area contributed by atoms with Gasteiger partial charge in [0.2, 0.25) is 5.76 Å². The number of pyridine rings is 1. The molecule has 6 nitrogen and oxygen atoms in total. The summed E-state index contributed by atoms with van der Waals surface area (Å²) >= 11 is 1.53. The van der Waals surface area contributed by atoms with Gasteiger partial charge < -0.3 is 9.84 Å². The van der Waals surface area contributed by atoms with Crippen molar-refractivity contribution in [2.75, 3.05) is 5.32 Å². The van der Waals surface area contributed by atoms with Crippen LogP contribution in [0.2, 0.25) is 0 Å². The van der Waals surface area contributed by atoms with Crippen LogP contribution in [-0.4, -0.2) is 21.0 Å². The average molecular weight is 336 g/mol. The van der Waals surface area contributed by atoms with Crippen LogP contribution in [0.15, 0.2) is 53.3 Å². The predicted molar refractivity (Wildman–Crippen MR) is 92.0 cm³/mol. The Kier molecular flexibility index (Phi) is 3.55. The first-order valence-electron chi connectivity index (χ1n) is 7.26. The van der Waals surface area contributed by atoms with E-state index >= 15 is 0 Å². The summed E-state index contributed by atoms with van der Waals surface area (Å²) in [4.78, 5) is 22.0. The van der Waals surface area contributed by atoms with Crippen LogP contribution >= 0.6 is 11.3 Å². The second-order valence-electron chi connectivity index (χ2n) is 5.16. The van der Waals surface area contributed by atoms with Gasteiger partial charge in [-0.2, -0.15) is 0 Å². The number of fused-ring (bicyclic) bond motifs is 1. The van der Waals surface area contributed by atoms with Gasteiger partial charge in [-0.15, -0.1) is 0 Å². The van der Waals surface area contributed by atoms with E-state index in [1.165, 1.54) is 23.6 Å². The molecule has 4 rings (SSSR count). The summed E-state index contributed by atoms with van der Waals surface area (Å²) in [6.45, 7) is 1.95. The number of thiazole rings is 1. The van der Waals surface area contributed by atoms with Crippen molar-refractivity contribution in [2.45, 2.75) is 6.92 Å². The third-order valence-corrected chi connectivity index (χ3v) is 4.65. The quantitative estimate of drug-likeness (QED) is 0.613. The Morgan fingerprint density at radius 3 is 2.88 bits per heavy atom. The Balaban J connectivity index is 1.71. The predicted octanol–water partition coefficient (Wildman–Crippen LogP) is 3.91. The number of benzene rings is 1. The monoisotopic (exact) mass is 336 g/mol. The van der Waals surface area contributed by atoms with Gasteiger partial charge >= 0.3 is 0 Å². The van der Waals surface area contributed by atoms with E-state index in [1.807, 2.05) is 37.3 Å². The largest absolute Gasteiger partial charge is 0.351 e. The highest BCUT2D eigenvalue weighted by atomic mass is 32.1. The maximum Gasteiger partial charge on any atom is 0.294 e. The molecule has 0 unspecified atom stereocenters. The first-order valence-corrected chi connectivity index (χ1v) is 8.07. The number of carbonyl (C=O) groups excluding carboxylic acids is 1. The average Bonchev–Trinajstić information content (AvgIpc) is 3.26. The number of nitrogens with zero attached hydrogens (tertiary/aromatic N) is 3. The fourth-order valence-corrected chi connectivity index (χ4v) is 3.39. The van der Waals surface area contributed by atoms with E-state index in [0.717, 1.165) is 26.5 Å². The van der Waals surface area contributed by atoms with Gasteiger partial charge in [0.05, 0.1) is 6.20 Å². The zero-order valence-corrected chi connectivity index (χ0v) is 13.5. The fraction of sp³-hybridized carbons (Fsp3) is 0.0588. The minimum Gasteiger partial charge on any atom is -0.351 e. The van der Waals surface area contributed by atoms with Crippen molar-refractivity contribution in [1.29, 1.82) is 0 Å². The maximum atomic E-state index is 12.1. The van der Waals surface area contributed by atoms with E-state index in [4.69, 9.17) is 4.52 Å². The van der Waals surface area contributed by atoms with Crippen molar-refractivity contribution in [3.8, 4) is 10.6 Å². The van der Waals surface area contributed by atoms with Crippen molar-refractivity contribution in [2.24, 2.45) is 0 Å². The van der Waals surface area contributed by atoms with Crippen molar-refractivity contribution in [3.63, 3.8) is 0 Å². The van der Waals surface area contributed by atoms with Crippen LogP contribution in [0.1, 0.15) is 16.1 Å². The van der Waals surface area contributed by atoms with Crippen molar-refractivity contribution in [1.82, 2.24) is 15.1 Å². The van der Waals surface area contributed by atoms with Crippen LogP contribution < -0.4 is 5.32 Å². The minimum atomic E-state index is -0.335. The van der Waals surface area contributed by atoms with Gasteiger partial charge in [-0.1, -0.05) is 28.6 Å². The molecule has 1 aromatic carbocycles. The van der Waals surface area contributed by atoms with Gasteiger partial charge in [0.1, 0.15) is 15.4 Å². The van der Waals surface area contributed by atoms with E-state index < -0.39 is 0 Å². The zero-order chi connectivity index (χ0) is 16.5. The lowest BCUT2D eigenvalue weighted by Gasteiger charge is -2.10. The molecular formula is C17H12N4O2S. The Morgan fingerprint density at radius 1 is 1.17 bits per heavy atom. The number of amides is 1. The molecule has 1 N–H and O–H groups in total. The van der Waals surface area contributed by atoms with Crippen LogP contribution in [-0.2, 0) is 0 Å². The molecule has 0 aliphatic heterocycles. The molecule has 3 aromatic heterocycles. The van der Waals surface area contributed by atoms with Gasteiger partial charge in [0.15, 0.2) is 0 Å². The Morgan fingerprint density at radius 2 is 2.08 bits per heavy atom. The van der Waals surface area contributed by atoms with Crippen LogP contribution in [0.5, 0.6) is 0 Å². The lowest BCUT2D eigenvalue weighted by Crippen LogP contribution is -2.12. The molecule has 1 amide bonds. The molecule has 7 heteroatoms. The second kappa shape index (κ2) is 5.86. The smallest absolute Gasteiger partial charge is 0.294 e. The number of aromatic nitrogens is 3. The summed E-state index contributed by atoms with van der Waals surface area (Å²) in [5.41, 5.74) is 3.48. The van der Waals surface area contributed by atoms with E-state index in [0.29, 0.717) is 5.69 Å². The summed E-state index contributed by atoms with van der Waals surface area (Å²) in [7, 11) is 0. The van der Waals surface area contributed by atoms with Gasteiger partial charge in [-0.25, -0.2) is 9.97 Å². The highest BCUT2D eigenvalue weighted by Crippen LogP contribution is 2.33. The number of hydrogen-bond acceptors (Lipinski definition) is 6. The summed E-state index contributed by atoms with van der Waals surface area (Å²) in [6, 6.07) is 11.0. The van der Waals surface area contributed by atoms with E-state index in [2.05, 4.69) is 20.4 Å². The maximum absolute atomic E-state index is 12.1. The van der Waals surface area contributed by atoms with E-state index in [9.17, 15) is 4.79 Å². The molecule has 0 spiro atoms. The third-order valence-electron chi connectivity index (χ3n) is 3.64. The molecule has 3 heterocycles. The lowest BCUT2D eigenvalue weighted by molar-refractivity contribution is 0.0988. The number of nitrogens with one attached hydrogen (secondary N) is 1. The zero-order valence-electron chi connectivity index (χ0n) is 12.7. The summed E-state index contributed by atoms with van der Waals surface area (Å²) < 4.78 is 4.88. The highest BCUT2D eigenvalue weighted by Gasteiger charge is 2.15. The Labute approximate surface area is 141 Å². The first kappa shape index (κ1) is 14.5. The number of anilines is 1. The van der Waals surface area contributed by atoms with Crippen molar-refractivity contribution >= 4 is 33.3 Å². The number of rotatable bonds is 3. The molecule has 0 saturated heterocycles. The van der Waals surface area contributed by atoms with Crippen molar-refractivity contribution < 1.29 is 9.32 Å². The van der Waals surface area contributed by atoms with Crippen LogP contribution in [0.25, 0.3) is 20.9 Å². The van der Waals surface area contributed by atoms with E-state index in [1.54, 1.807) is 6.20 Å². The second-order valence-corrected chi connectivity index (χ2v) is 6.13. The third kappa shape index (κ3) is 2.55. The summed E-state index contributed by atoms with van der Waals surface area (Å²) in [5.74, 6) is -0.164. The fourth-order valence-electron chi connectivity index (χ4n) is 2.40. The number of hydrogen-bond donors (Lipinski definition) is 1. The van der Waals surface area contributed by atoms with Crippen LogP contribution in [0.3, 0.4) is 0 Å². The summed E-state index contributed by atoms with van der Waals surface area (Å²) in [5, 5.41) is 7.26. The normalized spacial score (nSPS) is 10.9. The lowest BCUT2D eigenvalue weighted by atomic mass is 10.1. The van der Waals surface area contributed by atoms with Gasteiger partial charge in [-0.3, -0.25) is 4.79 Å². The first-order chi connectivity index (χ1) is 11.7. The van der Waals surface area contributed by atoms with E-state index in [-0.39, 0.29) is 11.7 Å². The minimum absolute atomic E-state index is 0.170. The topological polar surface area (TPSA) is 80.9 Å². The molecule has 0 fully saturated rings. The molecule has 0 bridgehead atoms.